The normalized spacial score (nSPS) is 18.0. The lowest BCUT2D eigenvalue weighted by molar-refractivity contribution is -0.129. The third kappa shape index (κ3) is 3.51. The van der Waals surface area contributed by atoms with Crippen LogP contribution in [0.3, 0.4) is 0 Å². The molecule has 130 valence electrons. The largest absolute Gasteiger partial charge is 0.503 e. The Hall–Kier alpha value is -2.14. The van der Waals surface area contributed by atoms with Gasteiger partial charge >= 0.3 is 0 Å². The first-order valence-corrected chi connectivity index (χ1v) is 8.22. The average Bonchev–Trinajstić information content (AvgIpc) is 2.80. The Bertz CT molecular complexity index is 646. The van der Waals surface area contributed by atoms with Crippen molar-refractivity contribution in [2.24, 2.45) is 0 Å². The molecule has 1 aromatic rings. The molecule has 0 radical (unpaired) electrons. The second-order valence-electron chi connectivity index (χ2n) is 6.39. The van der Waals surface area contributed by atoms with E-state index in [1.54, 1.807) is 12.0 Å². The van der Waals surface area contributed by atoms with Crippen LogP contribution in [-0.2, 0) is 14.3 Å². The smallest absolute Gasteiger partial charge is 0.290 e. The number of Topliss-reactive ketones (excluding diaryl/α,β-unsaturated/α-hetero) is 1. The van der Waals surface area contributed by atoms with E-state index in [0.717, 1.165) is 5.56 Å². The number of aliphatic hydroxyl groups is 1. The molecule has 0 saturated heterocycles. The summed E-state index contributed by atoms with van der Waals surface area (Å²) in [6, 6.07) is 7.33. The van der Waals surface area contributed by atoms with Crippen LogP contribution < -0.4 is 0 Å². The standard InChI is InChI=1S/C19H25NO4/c1-12(2)14-6-8-15(9-7-14)17-16(13(3)21)18(22)19(23)20(17)10-5-11-24-4/h6-9,12,17,22H,5,10-11H2,1-4H3/t17-/m1/s1. The molecular formula is C19H25NO4. The van der Waals surface area contributed by atoms with Crippen LogP contribution in [-0.4, -0.2) is 42.0 Å². The van der Waals surface area contributed by atoms with Crippen molar-refractivity contribution in [3.8, 4) is 0 Å². The van der Waals surface area contributed by atoms with Crippen molar-refractivity contribution in [3.63, 3.8) is 0 Å². The SMILES string of the molecule is COCCCN1C(=O)C(O)=C(C(C)=O)[C@H]1c1ccc(C(C)C)cc1. The highest BCUT2D eigenvalue weighted by Gasteiger charge is 2.41. The van der Waals surface area contributed by atoms with Gasteiger partial charge in [0.25, 0.3) is 5.91 Å². The number of benzene rings is 1. The molecule has 5 heteroatoms. The van der Waals surface area contributed by atoms with Crippen LogP contribution in [0.4, 0.5) is 0 Å². The first kappa shape index (κ1) is 18.2. The predicted octanol–water partition coefficient (Wildman–Crippen LogP) is 3.13. The number of carbonyl (C=O) groups excluding carboxylic acids is 2. The maximum Gasteiger partial charge on any atom is 0.290 e. The number of hydrogen-bond donors (Lipinski definition) is 1. The van der Waals surface area contributed by atoms with Gasteiger partial charge in [-0.1, -0.05) is 38.1 Å². The van der Waals surface area contributed by atoms with Gasteiger partial charge < -0.3 is 14.7 Å². The number of rotatable bonds is 7. The zero-order chi connectivity index (χ0) is 17.9. The number of carbonyl (C=O) groups is 2. The Morgan fingerprint density at radius 2 is 1.92 bits per heavy atom. The van der Waals surface area contributed by atoms with Crippen LogP contribution in [0, 0.1) is 0 Å². The number of nitrogens with zero attached hydrogens (tertiary/aromatic N) is 1. The number of amides is 1. The minimum atomic E-state index is -0.534. The topological polar surface area (TPSA) is 66.8 Å². The van der Waals surface area contributed by atoms with E-state index < -0.39 is 17.7 Å². The molecule has 0 unspecified atom stereocenters. The van der Waals surface area contributed by atoms with E-state index in [1.807, 2.05) is 24.3 Å². The van der Waals surface area contributed by atoms with Crippen molar-refractivity contribution in [1.82, 2.24) is 4.90 Å². The van der Waals surface area contributed by atoms with Gasteiger partial charge in [0.2, 0.25) is 0 Å². The summed E-state index contributed by atoms with van der Waals surface area (Å²) < 4.78 is 5.04. The summed E-state index contributed by atoms with van der Waals surface area (Å²) in [6.45, 7) is 6.53. The van der Waals surface area contributed by atoms with Crippen LogP contribution in [0.5, 0.6) is 0 Å². The Kier molecular flexibility index (Phi) is 5.78. The van der Waals surface area contributed by atoms with E-state index >= 15 is 0 Å². The van der Waals surface area contributed by atoms with Gasteiger partial charge in [-0.15, -0.1) is 0 Å². The molecule has 2 rings (SSSR count). The molecule has 1 aliphatic heterocycles. The Morgan fingerprint density at radius 3 is 2.42 bits per heavy atom. The van der Waals surface area contributed by atoms with Crippen LogP contribution in [0.25, 0.3) is 0 Å². The molecule has 1 aromatic carbocycles. The van der Waals surface area contributed by atoms with Crippen LogP contribution >= 0.6 is 0 Å². The molecule has 5 nitrogen and oxygen atoms in total. The van der Waals surface area contributed by atoms with Crippen molar-refractivity contribution >= 4 is 11.7 Å². The van der Waals surface area contributed by atoms with Crippen LogP contribution in [0.15, 0.2) is 35.6 Å². The third-order valence-corrected chi connectivity index (χ3v) is 4.35. The van der Waals surface area contributed by atoms with E-state index in [4.69, 9.17) is 4.74 Å². The summed E-state index contributed by atoms with van der Waals surface area (Å²) in [4.78, 5) is 26.0. The third-order valence-electron chi connectivity index (χ3n) is 4.35. The Labute approximate surface area is 142 Å². The van der Waals surface area contributed by atoms with Crippen LogP contribution in [0.2, 0.25) is 0 Å². The molecule has 0 saturated carbocycles. The molecule has 0 fully saturated rings. The average molecular weight is 331 g/mol. The summed E-state index contributed by atoms with van der Waals surface area (Å²) in [5.74, 6) is -0.807. The first-order valence-electron chi connectivity index (χ1n) is 8.22. The summed E-state index contributed by atoms with van der Waals surface area (Å²) in [5, 5.41) is 10.2. The molecule has 1 atom stereocenters. The first-order chi connectivity index (χ1) is 11.4. The van der Waals surface area contributed by atoms with Gasteiger partial charge in [0, 0.05) is 20.3 Å². The Balaban J connectivity index is 2.38. The van der Waals surface area contributed by atoms with E-state index in [0.29, 0.717) is 25.5 Å². The summed E-state index contributed by atoms with van der Waals surface area (Å²) >= 11 is 0. The second kappa shape index (κ2) is 7.62. The van der Waals surface area contributed by atoms with E-state index in [2.05, 4.69) is 13.8 Å². The number of ketones is 1. The number of hydrogen-bond acceptors (Lipinski definition) is 4. The monoisotopic (exact) mass is 331 g/mol. The van der Waals surface area contributed by atoms with E-state index in [9.17, 15) is 14.7 Å². The molecule has 1 N–H and O–H groups in total. The van der Waals surface area contributed by atoms with Gasteiger partial charge in [-0.2, -0.15) is 0 Å². The lowest BCUT2D eigenvalue weighted by Gasteiger charge is -2.26. The minimum absolute atomic E-state index is 0.176. The number of methoxy groups -OCH3 is 1. The summed E-state index contributed by atoms with van der Waals surface area (Å²) in [6.07, 6.45) is 0.640. The fourth-order valence-corrected chi connectivity index (χ4v) is 3.03. The van der Waals surface area contributed by atoms with Gasteiger partial charge in [0.1, 0.15) is 0 Å². The van der Waals surface area contributed by atoms with Crippen molar-refractivity contribution < 1.29 is 19.4 Å². The summed E-state index contributed by atoms with van der Waals surface area (Å²) in [7, 11) is 1.60. The van der Waals surface area contributed by atoms with E-state index in [1.165, 1.54) is 12.5 Å². The van der Waals surface area contributed by atoms with Gasteiger partial charge in [0.15, 0.2) is 11.5 Å². The molecule has 0 aliphatic carbocycles. The number of ether oxygens (including phenoxy) is 1. The molecule has 1 amide bonds. The van der Waals surface area contributed by atoms with Crippen molar-refractivity contribution in [3.05, 3.63) is 46.7 Å². The van der Waals surface area contributed by atoms with Crippen molar-refractivity contribution in [1.29, 1.82) is 0 Å². The predicted molar refractivity (Wildman–Crippen MR) is 91.8 cm³/mol. The minimum Gasteiger partial charge on any atom is -0.503 e. The lowest BCUT2D eigenvalue weighted by atomic mass is 9.94. The molecular weight excluding hydrogens is 306 g/mol. The van der Waals surface area contributed by atoms with Gasteiger partial charge in [-0.05, 0) is 30.4 Å². The quantitative estimate of drug-likeness (QED) is 0.780. The fraction of sp³-hybridized carbons (Fsp3) is 0.474. The maximum atomic E-state index is 12.4. The van der Waals surface area contributed by atoms with E-state index in [-0.39, 0.29) is 11.4 Å². The lowest BCUT2D eigenvalue weighted by Crippen LogP contribution is -2.32. The molecule has 0 bridgehead atoms. The highest BCUT2D eigenvalue weighted by molar-refractivity contribution is 6.08. The molecule has 0 spiro atoms. The molecule has 24 heavy (non-hydrogen) atoms. The highest BCUT2D eigenvalue weighted by Crippen LogP contribution is 2.38. The summed E-state index contributed by atoms with van der Waals surface area (Å²) in [5.41, 5.74) is 2.20. The molecule has 0 aromatic heterocycles. The van der Waals surface area contributed by atoms with Gasteiger partial charge in [-0.3, -0.25) is 9.59 Å². The van der Waals surface area contributed by atoms with Gasteiger partial charge in [-0.25, -0.2) is 0 Å². The molecule has 1 aliphatic rings. The van der Waals surface area contributed by atoms with Crippen molar-refractivity contribution in [2.45, 2.75) is 39.2 Å². The second-order valence-corrected chi connectivity index (χ2v) is 6.39. The number of aliphatic hydroxyl groups excluding tert-OH is 1. The van der Waals surface area contributed by atoms with Crippen molar-refractivity contribution in [2.75, 3.05) is 20.3 Å². The zero-order valence-electron chi connectivity index (χ0n) is 14.7. The van der Waals surface area contributed by atoms with Crippen LogP contribution in [0.1, 0.15) is 50.3 Å². The highest BCUT2D eigenvalue weighted by atomic mass is 16.5. The molecule has 1 heterocycles. The maximum absolute atomic E-state index is 12.4. The Morgan fingerprint density at radius 1 is 1.29 bits per heavy atom. The zero-order valence-corrected chi connectivity index (χ0v) is 14.7. The fourth-order valence-electron chi connectivity index (χ4n) is 3.03. The van der Waals surface area contributed by atoms with Gasteiger partial charge in [0.05, 0.1) is 11.6 Å².